The second-order valence-electron chi connectivity index (χ2n) is 8.73. The lowest BCUT2D eigenvalue weighted by Crippen LogP contribution is -2.33. The van der Waals surface area contributed by atoms with E-state index in [-0.39, 0.29) is 5.78 Å². The molecule has 0 bridgehead atoms. The van der Waals surface area contributed by atoms with Gasteiger partial charge in [-0.3, -0.25) is 9.69 Å². The molecule has 3 aromatic carbocycles. The van der Waals surface area contributed by atoms with Crippen LogP contribution in [0.15, 0.2) is 66.4 Å². The number of fused-ring (bicyclic) bond motifs is 3. The molecule has 0 aliphatic carbocycles. The van der Waals surface area contributed by atoms with Crippen molar-refractivity contribution in [1.29, 1.82) is 0 Å². The average molecular weight is 456 g/mol. The van der Waals surface area contributed by atoms with Crippen LogP contribution in [0.4, 0.5) is 0 Å². The molecule has 0 saturated carbocycles. The highest BCUT2D eigenvalue weighted by Crippen LogP contribution is 2.44. The molecule has 0 amide bonds. The summed E-state index contributed by atoms with van der Waals surface area (Å²) in [5.41, 5.74) is 4.72. The summed E-state index contributed by atoms with van der Waals surface area (Å²) in [7, 11) is 0. The van der Waals surface area contributed by atoms with Crippen LogP contribution in [0.1, 0.15) is 46.0 Å². The number of benzene rings is 3. The van der Waals surface area contributed by atoms with Gasteiger partial charge >= 0.3 is 0 Å². The minimum absolute atomic E-state index is 0.0783. The van der Waals surface area contributed by atoms with Gasteiger partial charge in [-0.2, -0.15) is 0 Å². The van der Waals surface area contributed by atoms with Gasteiger partial charge in [0.1, 0.15) is 24.0 Å². The Bertz CT molecular complexity index is 1220. The summed E-state index contributed by atoms with van der Waals surface area (Å²) >= 11 is 0. The Kier molecular flexibility index (Phi) is 6.37. The maximum absolute atomic E-state index is 13.2. The van der Waals surface area contributed by atoms with E-state index in [1.54, 1.807) is 6.08 Å². The predicted molar refractivity (Wildman–Crippen MR) is 132 cm³/mol. The number of hydrogen-bond acceptors (Lipinski definition) is 5. The van der Waals surface area contributed by atoms with Gasteiger partial charge in [0, 0.05) is 13.1 Å². The molecule has 5 heteroatoms. The Morgan fingerprint density at radius 1 is 1.09 bits per heavy atom. The molecule has 0 aromatic heterocycles. The highest BCUT2D eigenvalue weighted by Gasteiger charge is 2.35. The molecule has 0 saturated heterocycles. The first-order chi connectivity index (χ1) is 16.6. The number of ketones is 1. The first kappa shape index (κ1) is 22.2. The van der Waals surface area contributed by atoms with Crippen molar-refractivity contribution in [3.8, 4) is 17.2 Å². The normalized spacial score (nSPS) is 16.1. The SMILES string of the molecule is CCOc1ccc(/C=C2\Oc3c4c(cc(C)c3C2=O)OCN(CCCc2ccccc2)C4)cc1. The van der Waals surface area contributed by atoms with E-state index in [2.05, 4.69) is 29.2 Å². The second kappa shape index (κ2) is 9.74. The molecular formula is C29H29NO4. The molecule has 34 heavy (non-hydrogen) atoms. The first-order valence-electron chi connectivity index (χ1n) is 11.8. The lowest BCUT2D eigenvalue weighted by atomic mass is 9.98. The van der Waals surface area contributed by atoms with E-state index in [0.717, 1.165) is 47.6 Å². The molecule has 5 rings (SSSR count). The fourth-order valence-electron chi connectivity index (χ4n) is 4.55. The van der Waals surface area contributed by atoms with Crippen molar-refractivity contribution in [2.24, 2.45) is 0 Å². The minimum Gasteiger partial charge on any atom is -0.494 e. The number of allylic oxidation sites excluding steroid dienone is 1. The number of Topliss-reactive ketones (excluding diaryl/α,β-unsaturated/α-hetero) is 1. The first-order valence-corrected chi connectivity index (χ1v) is 11.8. The zero-order chi connectivity index (χ0) is 23.5. The van der Waals surface area contributed by atoms with Gasteiger partial charge in [-0.15, -0.1) is 0 Å². The van der Waals surface area contributed by atoms with Gasteiger partial charge in [0.15, 0.2) is 5.76 Å². The second-order valence-corrected chi connectivity index (χ2v) is 8.73. The quantitative estimate of drug-likeness (QED) is 0.422. The van der Waals surface area contributed by atoms with Crippen molar-refractivity contribution in [2.45, 2.75) is 33.2 Å². The summed E-state index contributed by atoms with van der Waals surface area (Å²) in [4.78, 5) is 15.5. The summed E-state index contributed by atoms with van der Waals surface area (Å²) in [6.07, 6.45) is 3.87. The van der Waals surface area contributed by atoms with Gasteiger partial charge in [-0.1, -0.05) is 42.5 Å². The number of rotatable bonds is 7. The van der Waals surface area contributed by atoms with Crippen molar-refractivity contribution < 1.29 is 19.0 Å². The average Bonchev–Trinajstić information content (AvgIpc) is 3.18. The summed E-state index contributed by atoms with van der Waals surface area (Å²) in [5.74, 6) is 2.53. The summed E-state index contributed by atoms with van der Waals surface area (Å²) in [6, 6.07) is 20.1. The van der Waals surface area contributed by atoms with Crippen LogP contribution in [0.5, 0.6) is 17.2 Å². The van der Waals surface area contributed by atoms with Gasteiger partial charge in [0.2, 0.25) is 5.78 Å². The largest absolute Gasteiger partial charge is 0.494 e. The Labute approximate surface area is 200 Å². The molecule has 2 heterocycles. The number of carbonyl (C=O) groups excluding carboxylic acids is 1. The molecule has 3 aromatic rings. The van der Waals surface area contributed by atoms with E-state index in [1.165, 1.54) is 5.56 Å². The fourth-order valence-corrected chi connectivity index (χ4v) is 4.55. The molecule has 2 aliphatic rings. The van der Waals surface area contributed by atoms with Crippen molar-refractivity contribution in [3.05, 3.63) is 94.2 Å². The maximum Gasteiger partial charge on any atom is 0.232 e. The highest BCUT2D eigenvalue weighted by molar-refractivity contribution is 6.15. The Morgan fingerprint density at radius 3 is 2.65 bits per heavy atom. The highest BCUT2D eigenvalue weighted by atomic mass is 16.5. The number of aryl methyl sites for hydroxylation is 2. The molecule has 5 nitrogen and oxygen atoms in total. The Hall–Kier alpha value is -3.57. The molecule has 0 N–H and O–H groups in total. The lowest BCUT2D eigenvalue weighted by Gasteiger charge is -2.30. The number of carbonyl (C=O) groups is 1. The topological polar surface area (TPSA) is 48.0 Å². The molecule has 0 atom stereocenters. The van der Waals surface area contributed by atoms with Crippen LogP contribution >= 0.6 is 0 Å². The van der Waals surface area contributed by atoms with Gasteiger partial charge in [0.05, 0.1) is 17.7 Å². The van der Waals surface area contributed by atoms with Crippen LogP contribution in [-0.2, 0) is 13.0 Å². The van der Waals surface area contributed by atoms with Crippen LogP contribution in [-0.4, -0.2) is 30.6 Å². The van der Waals surface area contributed by atoms with Crippen LogP contribution < -0.4 is 14.2 Å². The van der Waals surface area contributed by atoms with E-state index < -0.39 is 0 Å². The van der Waals surface area contributed by atoms with Gasteiger partial charge in [-0.25, -0.2) is 0 Å². The van der Waals surface area contributed by atoms with Gasteiger partial charge < -0.3 is 14.2 Å². The predicted octanol–water partition coefficient (Wildman–Crippen LogP) is 5.79. The van der Waals surface area contributed by atoms with E-state index >= 15 is 0 Å². The number of ether oxygens (including phenoxy) is 3. The van der Waals surface area contributed by atoms with Crippen molar-refractivity contribution in [1.82, 2.24) is 4.90 Å². The number of hydrogen-bond donors (Lipinski definition) is 0. The lowest BCUT2D eigenvalue weighted by molar-refractivity contribution is 0.0928. The van der Waals surface area contributed by atoms with Crippen LogP contribution in [0, 0.1) is 6.92 Å². The fraction of sp³-hybridized carbons (Fsp3) is 0.276. The van der Waals surface area contributed by atoms with Crippen LogP contribution in [0.25, 0.3) is 6.08 Å². The third kappa shape index (κ3) is 4.57. The molecule has 0 radical (unpaired) electrons. The van der Waals surface area contributed by atoms with Crippen LogP contribution in [0.3, 0.4) is 0 Å². The van der Waals surface area contributed by atoms with Crippen molar-refractivity contribution in [2.75, 3.05) is 19.9 Å². The van der Waals surface area contributed by atoms with Gasteiger partial charge in [-0.05, 0) is 67.7 Å². The standard InChI is InChI=1S/C29H29NO4/c1-3-32-23-13-11-22(12-14-23)17-26-28(31)27-20(2)16-25-24(29(27)34-26)18-30(19-33-25)15-7-10-21-8-5-4-6-9-21/h4-6,8-9,11-14,16-17H,3,7,10,15,18-19H2,1-2H3/b26-17-. The van der Waals surface area contributed by atoms with E-state index in [0.29, 0.717) is 37.0 Å². The summed E-state index contributed by atoms with van der Waals surface area (Å²) in [6.45, 7) is 6.68. The Morgan fingerprint density at radius 2 is 1.88 bits per heavy atom. The molecular weight excluding hydrogens is 426 g/mol. The van der Waals surface area contributed by atoms with Crippen molar-refractivity contribution in [3.63, 3.8) is 0 Å². The Balaban J connectivity index is 1.33. The van der Waals surface area contributed by atoms with E-state index in [9.17, 15) is 4.79 Å². The molecule has 2 aliphatic heterocycles. The molecule has 0 spiro atoms. The zero-order valence-corrected chi connectivity index (χ0v) is 19.7. The van der Waals surface area contributed by atoms with E-state index in [4.69, 9.17) is 14.2 Å². The minimum atomic E-state index is -0.0783. The molecule has 174 valence electrons. The van der Waals surface area contributed by atoms with Crippen LogP contribution in [0.2, 0.25) is 0 Å². The summed E-state index contributed by atoms with van der Waals surface area (Å²) in [5, 5.41) is 0. The van der Waals surface area contributed by atoms with Gasteiger partial charge in [0.25, 0.3) is 0 Å². The smallest absolute Gasteiger partial charge is 0.232 e. The summed E-state index contributed by atoms with van der Waals surface area (Å²) < 4.78 is 17.8. The van der Waals surface area contributed by atoms with E-state index in [1.807, 2.05) is 50.2 Å². The third-order valence-electron chi connectivity index (χ3n) is 6.26. The maximum atomic E-state index is 13.2. The molecule has 0 unspecified atom stereocenters. The number of nitrogens with zero attached hydrogens (tertiary/aromatic N) is 1. The zero-order valence-electron chi connectivity index (χ0n) is 19.7. The molecule has 0 fully saturated rings. The monoisotopic (exact) mass is 455 g/mol. The van der Waals surface area contributed by atoms with Crippen molar-refractivity contribution >= 4 is 11.9 Å². The third-order valence-corrected chi connectivity index (χ3v) is 6.26.